The third-order valence-corrected chi connectivity index (χ3v) is 5.54. The van der Waals surface area contributed by atoms with Crippen LogP contribution in [-0.4, -0.2) is 28.4 Å². The first-order valence-electron chi connectivity index (χ1n) is 7.34. The fourth-order valence-electron chi connectivity index (χ4n) is 2.14. The molecule has 126 valence electrons. The van der Waals surface area contributed by atoms with Gasteiger partial charge in [-0.2, -0.15) is 5.10 Å². The summed E-state index contributed by atoms with van der Waals surface area (Å²) < 4.78 is 29.8. The lowest BCUT2D eigenvalue weighted by Crippen LogP contribution is -2.13. The lowest BCUT2D eigenvalue weighted by Gasteiger charge is -2.04. The highest BCUT2D eigenvalue weighted by molar-refractivity contribution is 7.93. The van der Waals surface area contributed by atoms with E-state index in [9.17, 15) is 8.42 Å². The molecule has 0 saturated carbocycles. The Balaban J connectivity index is 2.08. The van der Waals surface area contributed by atoms with Gasteiger partial charge in [0.1, 0.15) is 15.6 Å². The van der Waals surface area contributed by atoms with Crippen LogP contribution in [0.5, 0.6) is 0 Å². The molecule has 0 aliphatic rings. The molecule has 24 heavy (non-hydrogen) atoms. The molecule has 0 radical (unpaired) electrons. The lowest BCUT2D eigenvalue weighted by molar-refractivity contribution is 0.532. The SMILES string of the molecule is Cc1nnc(NS(=O)(=O)c2cn(C(C)C)nc2-c2ccccc2)s1. The smallest absolute Gasteiger partial charge is 0.267 e. The van der Waals surface area contributed by atoms with E-state index in [4.69, 9.17) is 0 Å². The number of hydrogen-bond acceptors (Lipinski definition) is 6. The fourth-order valence-corrected chi connectivity index (χ4v) is 4.12. The molecular formula is C15H17N5O2S2. The van der Waals surface area contributed by atoms with Gasteiger partial charge in [0.05, 0.1) is 0 Å². The van der Waals surface area contributed by atoms with Gasteiger partial charge in [-0.15, -0.1) is 10.2 Å². The second-order valence-corrected chi connectivity index (χ2v) is 8.35. The molecule has 1 N–H and O–H groups in total. The van der Waals surface area contributed by atoms with Crippen molar-refractivity contribution in [1.82, 2.24) is 20.0 Å². The molecule has 0 saturated heterocycles. The van der Waals surface area contributed by atoms with Gasteiger partial charge >= 0.3 is 0 Å². The Hall–Kier alpha value is -2.26. The van der Waals surface area contributed by atoms with Crippen molar-refractivity contribution in [1.29, 1.82) is 0 Å². The molecule has 0 spiro atoms. The Morgan fingerprint density at radius 1 is 1.17 bits per heavy atom. The van der Waals surface area contributed by atoms with Gasteiger partial charge in [-0.1, -0.05) is 41.7 Å². The van der Waals surface area contributed by atoms with E-state index >= 15 is 0 Å². The summed E-state index contributed by atoms with van der Waals surface area (Å²) in [7, 11) is -3.82. The number of sulfonamides is 1. The van der Waals surface area contributed by atoms with E-state index in [0.29, 0.717) is 10.7 Å². The Morgan fingerprint density at radius 2 is 1.88 bits per heavy atom. The van der Waals surface area contributed by atoms with Gasteiger partial charge in [0.15, 0.2) is 0 Å². The van der Waals surface area contributed by atoms with Crippen LogP contribution in [0.4, 0.5) is 5.13 Å². The molecule has 2 aromatic heterocycles. The maximum Gasteiger partial charge on any atom is 0.267 e. The second-order valence-electron chi connectivity index (χ2n) is 5.51. The Labute approximate surface area is 144 Å². The highest BCUT2D eigenvalue weighted by Crippen LogP contribution is 2.29. The van der Waals surface area contributed by atoms with E-state index in [2.05, 4.69) is 20.0 Å². The maximum atomic E-state index is 12.8. The second kappa shape index (κ2) is 6.33. The number of nitrogens with zero attached hydrogens (tertiary/aromatic N) is 4. The zero-order valence-corrected chi connectivity index (χ0v) is 15.1. The van der Waals surface area contributed by atoms with Gasteiger partial charge in [0.25, 0.3) is 10.0 Å². The van der Waals surface area contributed by atoms with Crippen LogP contribution in [0, 0.1) is 6.92 Å². The predicted octanol–water partition coefficient (Wildman–Crippen LogP) is 3.09. The molecule has 0 bridgehead atoms. The number of aryl methyl sites for hydroxylation is 1. The average Bonchev–Trinajstić information content (AvgIpc) is 3.15. The summed E-state index contributed by atoms with van der Waals surface area (Å²) in [6.45, 7) is 5.65. The van der Waals surface area contributed by atoms with E-state index in [1.54, 1.807) is 17.8 Å². The molecule has 1 aromatic carbocycles. The Morgan fingerprint density at radius 3 is 2.46 bits per heavy atom. The molecule has 0 atom stereocenters. The van der Waals surface area contributed by atoms with Crippen molar-refractivity contribution in [2.45, 2.75) is 31.7 Å². The zero-order valence-electron chi connectivity index (χ0n) is 13.5. The summed E-state index contributed by atoms with van der Waals surface area (Å²) in [5.74, 6) is 0. The summed E-state index contributed by atoms with van der Waals surface area (Å²) in [6, 6.07) is 9.28. The first kappa shape index (κ1) is 16.6. The first-order chi connectivity index (χ1) is 11.4. The van der Waals surface area contributed by atoms with Crippen LogP contribution in [0.1, 0.15) is 24.9 Å². The molecule has 0 amide bonds. The van der Waals surface area contributed by atoms with Crippen LogP contribution in [-0.2, 0) is 10.0 Å². The van der Waals surface area contributed by atoms with Crippen LogP contribution < -0.4 is 4.72 Å². The van der Waals surface area contributed by atoms with Gasteiger partial charge in [0, 0.05) is 17.8 Å². The monoisotopic (exact) mass is 363 g/mol. The fraction of sp³-hybridized carbons (Fsp3) is 0.267. The van der Waals surface area contributed by atoms with Gasteiger partial charge < -0.3 is 0 Å². The summed E-state index contributed by atoms with van der Waals surface area (Å²) in [5, 5.41) is 13.0. The zero-order chi connectivity index (χ0) is 17.3. The van der Waals surface area contributed by atoms with E-state index in [1.165, 1.54) is 11.3 Å². The van der Waals surface area contributed by atoms with Crippen molar-refractivity contribution < 1.29 is 8.42 Å². The Kier molecular flexibility index (Phi) is 4.37. The highest BCUT2D eigenvalue weighted by atomic mass is 32.2. The number of rotatable bonds is 5. The van der Waals surface area contributed by atoms with Crippen molar-refractivity contribution in [3.8, 4) is 11.3 Å². The number of aromatic nitrogens is 4. The number of nitrogens with one attached hydrogen (secondary N) is 1. The van der Waals surface area contributed by atoms with Crippen molar-refractivity contribution >= 4 is 26.5 Å². The molecule has 7 nitrogen and oxygen atoms in total. The quantitative estimate of drug-likeness (QED) is 0.752. The molecule has 2 heterocycles. The molecule has 0 fully saturated rings. The van der Waals surface area contributed by atoms with Gasteiger partial charge in [0.2, 0.25) is 5.13 Å². The summed E-state index contributed by atoms with van der Waals surface area (Å²) in [6.07, 6.45) is 1.54. The number of anilines is 1. The minimum absolute atomic E-state index is 0.0418. The van der Waals surface area contributed by atoms with Crippen molar-refractivity contribution in [2.75, 3.05) is 4.72 Å². The van der Waals surface area contributed by atoms with E-state index in [1.807, 2.05) is 44.2 Å². The van der Waals surface area contributed by atoms with Crippen LogP contribution in [0.15, 0.2) is 41.4 Å². The van der Waals surface area contributed by atoms with Gasteiger partial charge in [-0.05, 0) is 20.8 Å². The van der Waals surface area contributed by atoms with Crippen molar-refractivity contribution in [3.05, 3.63) is 41.5 Å². The van der Waals surface area contributed by atoms with Crippen LogP contribution in [0.3, 0.4) is 0 Å². The third-order valence-electron chi connectivity index (χ3n) is 3.31. The summed E-state index contributed by atoms with van der Waals surface area (Å²) in [4.78, 5) is 0.121. The van der Waals surface area contributed by atoms with E-state index in [0.717, 1.165) is 5.56 Å². The maximum absolute atomic E-state index is 12.8. The normalized spacial score (nSPS) is 11.8. The number of hydrogen-bond donors (Lipinski definition) is 1. The third kappa shape index (κ3) is 3.31. The van der Waals surface area contributed by atoms with E-state index < -0.39 is 10.0 Å². The summed E-state index contributed by atoms with van der Waals surface area (Å²) >= 11 is 1.18. The largest absolute Gasteiger partial charge is 0.268 e. The number of benzene rings is 1. The predicted molar refractivity (Wildman–Crippen MR) is 93.5 cm³/mol. The first-order valence-corrected chi connectivity index (χ1v) is 9.64. The topological polar surface area (TPSA) is 89.8 Å². The Bertz CT molecular complexity index is 945. The van der Waals surface area contributed by atoms with Crippen LogP contribution >= 0.6 is 11.3 Å². The van der Waals surface area contributed by atoms with E-state index in [-0.39, 0.29) is 16.1 Å². The van der Waals surface area contributed by atoms with Crippen molar-refractivity contribution in [3.63, 3.8) is 0 Å². The van der Waals surface area contributed by atoms with Crippen molar-refractivity contribution in [2.24, 2.45) is 0 Å². The molecule has 0 aliphatic carbocycles. The summed E-state index contributed by atoms with van der Waals surface area (Å²) in [5.41, 5.74) is 1.16. The molecular weight excluding hydrogens is 346 g/mol. The highest BCUT2D eigenvalue weighted by Gasteiger charge is 2.25. The molecule has 3 aromatic rings. The molecule has 9 heteroatoms. The van der Waals surface area contributed by atoms with Gasteiger partial charge in [-0.3, -0.25) is 9.40 Å². The molecule has 0 unspecified atom stereocenters. The van der Waals surface area contributed by atoms with Crippen LogP contribution in [0.25, 0.3) is 11.3 Å². The minimum atomic E-state index is -3.82. The molecule has 0 aliphatic heterocycles. The van der Waals surface area contributed by atoms with Gasteiger partial charge in [-0.25, -0.2) is 8.42 Å². The average molecular weight is 363 g/mol. The van der Waals surface area contributed by atoms with Crippen LogP contribution in [0.2, 0.25) is 0 Å². The lowest BCUT2D eigenvalue weighted by atomic mass is 10.2. The minimum Gasteiger partial charge on any atom is -0.268 e. The molecule has 3 rings (SSSR count). The standard InChI is InChI=1S/C15H17N5O2S2/c1-10(2)20-9-13(14(18-20)12-7-5-4-6-8-12)24(21,22)19-15-17-16-11(3)23-15/h4-10H,1-3H3,(H,17,19).